The molecular weight excluding hydrogens is 400 g/mol. The van der Waals surface area contributed by atoms with Crippen LogP contribution in [0, 0.1) is 6.92 Å². The van der Waals surface area contributed by atoms with Gasteiger partial charge in [-0.15, -0.1) is 0 Å². The lowest BCUT2D eigenvalue weighted by Gasteiger charge is -2.24. The van der Waals surface area contributed by atoms with E-state index in [2.05, 4.69) is 5.32 Å². The van der Waals surface area contributed by atoms with E-state index in [0.29, 0.717) is 36.9 Å². The molecule has 0 atom stereocenters. The molecule has 2 aromatic carbocycles. The summed E-state index contributed by atoms with van der Waals surface area (Å²) in [5, 5.41) is 3.12. The van der Waals surface area contributed by atoms with E-state index in [1.165, 1.54) is 18.2 Å². The zero-order chi connectivity index (χ0) is 20.6. The lowest BCUT2D eigenvalue weighted by atomic mass is 10.2. The maximum absolute atomic E-state index is 13.2. The number of hydrogen-bond acceptors (Lipinski definition) is 4. The van der Waals surface area contributed by atoms with Crippen molar-refractivity contribution < 1.29 is 17.9 Å². The smallest absolute Gasteiger partial charge is 0.264 e. The molecule has 1 amide bonds. The number of benzene rings is 2. The molecule has 2 aromatic rings. The number of carbonyl (C=O) groups is 1. The first-order chi connectivity index (χ1) is 13.3. The number of carbonyl (C=O) groups excluding carboxylic acids is 1. The van der Waals surface area contributed by atoms with Gasteiger partial charge in [-0.1, -0.05) is 35.4 Å². The van der Waals surface area contributed by atoms with Gasteiger partial charge in [0.2, 0.25) is 5.91 Å². The van der Waals surface area contributed by atoms with Gasteiger partial charge in [0.25, 0.3) is 10.0 Å². The van der Waals surface area contributed by atoms with Crippen molar-refractivity contribution in [3.05, 3.63) is 59.1 Å². The number of anilines is 1. The van der Waals surface area contributed by atoms with Crippen LogP contribution in [-0.4, -0.2) is 40.6 Å². The maximum atomic E-state index is 13.2. The summed E-state index contributed by atoms with van der Waals surface area (Å²) < 4.78 is 32.7. The van der Waals surface area contributed by atoms with Crippen LogP contribution in [0.3, 0.4) is 0 Å². The fraction of sp³-hybridized carbons (Fsp3) is 0.350. The van der Waals surface area contributed by atoms with Crippen molar-refractivity contribution in [1.82, 2.24) is 5.32 Å². The van der Waals surface area contributed by atoms with Gasteiger partial charge in [0.15, 0.2) is 0 Å². The molecule has 2 rings (SSSR count). The van der Waals surface area contributed by atoms with E-state index in [-0.39, 0.29) is 11.4 Å². The number of aryl methyl sites for hydroxylation is 1. The molecule has 0 aliphatic rings. The molecular formula is C20H25ClN2O4S. The fourth-order valence-corrected chi connectivity index (χ4v) is 4.11. The van der Waals surface area contributed by atoms with Crippen LogP contribution in [0.2, 0.25) is 5.02 Å². The van der Waals surface area contributed by atoms with Crippen LogP contribution in [0.25, 0.3) is 0 Å². The quantitative estimate of drug-likeness (QED) is 0.593. The molecule has 0 radical (unpaired) electrons. The van der Waals surface area contributed by atoms with Crippen LogP contribution >= 0.6 is 11.6 Å². The van der Waals surface area contributed by atoms with Crippen LogP contribution in [0.15, 0.2) is 53.4 Å². The zero-order valence-corrected chi connectivity index (χ0v) is 17.6. The Labute approximate surface area is 171 Å². The van der Waals surface area contributed by atoms with Crippen LogP contribution in [0.4, 0.5) is 5.69 Å². The summed E-state index contributed by atoms with van der Waals surface area (Å²) in [4.78, 5) is 12.5. The Bertz CT molecular complexity index is 885. The summed E-state index contributed by atoms with van der Waals surface area (Å²) in [5.41, 5.74) is 1.28. The number of rotatable bonds is 10. The second kappa shape index (κ2) is 10.5. The standard InChI is InChI=1S/C20H25ClN2O4S/c1-3-27-13-5-12-22-20(24)15-23(18-7-4-6-17(21)14-18)28(25,26)19-10-8-16(2)9-11-19/h4,6-11,14H,3,5,12-13,15H2,1-2H3,(H,22,24). The molecule has 0 aromatic heterocycles. The lowest BCUT2D eigenvalue weighted by molar-refractivity contribution is -0.119. The van der Waals surface area contributed by atoms with Gasteiger partial charge in [0, 0.05) is 24.8 Å². The van der Waals surface area contributed by atoms with E-state index >= 15 is 0 Å². The van der Waals surface area contributed by atoms with Crippen LogP contribution in [0.1, 0.15) is 18.9 Å². The second-order valence-corrected chi connectivity index (χ2v) is 8.50. The topological polar surface area (TPSA) is 75.7 Å². The molecule has 28 heavy (non-hydrogen) atoms. The molecule has 152 valence electrons. The number of halogens is 1. The van der Waals surface area contributed by atoms with Crippen molar-refractivity contribution in [3.8, 4) is 0 Å². The summed E-state index contributed by atoms with van der Waals surface area (Å²) >= 11 is 6.04. The first-order valence-corrected chi connectivity index (χ1v) is 10.9. The number of ether oxygens (including phenoxy) is 1. The average Bonchev–Trinajstić information content (AvgIpc) is 2.66. The Morgan fingerprint density at radius 1 is 1.18 bits per heavy atom. The van der Waals surface area contributed by atoms with Gasteiger partial charge in [-0.05, 0) is 50.6 Å². The van der Waals surface area contributed by atoms with E-state index in [4.69, 9.17) is 16.3 Å². The molecule has 0 aliphatic carbocycles. The van der Waals surface area contributed by atoms with Crippen LogP contribution in [-0.2, 0) is 19.6 Å². The molecule has 0 saturated heterocycles. The summed E-state index contributed by atoms with van der Waals surface area (Å²) in [5.74, 6) is -0.396. The number of nitrogens with zero attached hydrogens (tertiary/aromatic N) is 1. The molecule has 0 unspecified atom stereocenters. The molecule has 0 bridgehead atoms. The van der Waals surface area contributed by atoms with Crippen molar-refractivity contribution in [2.45, 2.75) is 25.2 Å². The molecule has 0 heterocycles. The van der Waals surface area contributed by atoms with E-state index in [9.17, 15) is 13.2 Å². The maximum Gasteiger partial charge on any atom is 0.264 e. The van der Waals surface area contributed by atoms with Crippen molar-refractivity contribution in [2.75, 3.05) is 30.6 Å². The lowest BCUT2D eigenvalue weighted by Crippen LogP contribution is -2.41. The highest BCUT2D eigenvalue weighted by molar-refractivity contribution is 7.92. The third kappa shape index (κ3) is 6.22. The van der Waals surface area contributed by atoms with E-state index in [1.807, 2.05) is 13.8 Å². The van der Waals surface area contributed by atoms with Crippen molar-refractivity contribution in [3.63, 3.8) is 0 Å². The number of nitrogens with one attached hydrogen (secondary N) is 1. The van der Waals surface area contributed by atoms with E-state index in [1.54, 1.807) is 30.3 Å². The van der Waals surface area contributed by atoms with Crippen molar-refractivity contribution in [1.29, 1.82) is 0 Å². The summed E-state index contributed by atoms with van der Waals surface area (Å²) in [6, 6.07) is 12.9. The average molecular weight is 425 g/mol. The normalized spacial score (nSPS) is 11.2. The Morgan fingerprint density at radius 3 is 2.54 bits per heavy atom. The van der Waals surface area contributed by atoms with Crippen LogP contribution in [0.5, 0.6) is 0 Å². The minimum Gasteiger partial charge on any atom is -0.382 e. The Hall–Kier alpha value is -2.09. The van der Waals surface area contributed by atoms with Gasteiger partial charge in [-0.2, -0.15) is 0 Å². The predicted molar refractivity (Wildman–Crippen MR) is 111 cm³/mol. The SMILES string of the molecule is CCOCCCNC(=O)CN(c1cccc(Cl)c1)S(=O)(=O)c1ccc(C)cc1. The van der Waals surface area contributed by atoms with Gasteiger partial charge < -0.3 is 10.1 Å². The Kier molecular flexibility index (Phi) is 8.29. The zero-order valence-electron chi connectivity index (χ0n) is 16.0. The molecule has 0 saturated carbocycles. The molecule has 0 spiro atoms. The monoisotopic (exact) mass is 424 g/mol. The molecule has 8 heteroatoms. The number of amides is 1. The largest absolute Gasteiger partial charge is 0.382 e. The minimum atomic E-state index is -3.93. The molecule has 0 aliphatic heterocycles. The summed E-state index contributed by atoms with van der Waals surface area (Å²) in [6.07, 6.45) is 0.654. The third-order valence-electron chi connectivity index (χ3n) is 3.98. The Balaban J connectivity index is 2.23. The minimum absolute atomic E-state index is 0.113. The van der Waals surface area contributed by atoms with Gasteiger partial charge >= 0.3 is 0 Å². The fourth-order valence-electron chi connectivity index (χ4n) is 2.52. The van der Waals surface area contributed by atoms with Crippen molar-refractivity contribution >= 4 is 33.2 Å². The molecule has 6 nitrogen and oxygen atoms in total. The molecule has 1 N–H and O–H groups in total. The van der Waals surface area contributed by atoms with Crippen LogP contribution < -0.4 is 9.62 Å². The van der Waals surface area contributed by atoms with Crippen molar-refractivity contribution in [2.24, 2.45) is 0 Å². The first kappa shape index (κ1) is 22.2. The van der Waals surface area contributed by atoms with E-state index in [0.717, 1.165) is 9.87 Å². The highest BCUT2D eigenvalue weighted by atomic mass is 35.5. The highest BCUT2D eigenvalue weighted by Crippen LogP contribution is 2.26. The van der Waals surface area contributed by atoms with E-state index < -0.39 is 15.9 Å². The van der Waals surface area contributed by atoms with Gasteiger partial charge in [-0.25, -0.2) is 8.42 Å². The number of sulfonamides is 1. The highest BCUT2D eigenvalue weighted by Gasteiger charge is 2.27. The second-order valence-electron chi connectivity index (χ2n) is 6.21. The van der Waals surface area contributed by atoms with Gasteiger partial charge in [0.05, 0.1) is 10.6 Å². The summed E-state index contributed by atoms with van der Waals surface area (Å²) in [7, 11) is -3.93. The van der Waals surface area contributed by atoms with Gasteiger partial charge in [0.1, 0.15) is 6.54 Å². The summed E-state index contributed by atoms with van der Waals surface area (Å²) in [6.45, 7) is 5.00. The first-order valence-electron chi connectivity index (χ1n) is 9.04. The number of hydrogen-bond donors (Lipinski definition) is 1. The predicted octanol–water partition coefficient (Wildman–Crippen LogP) is 3.39. The third-order valence-corrected chi connectivity index (χ3v) is 6.01. The van der Waals surface area contributed by atoms with Gasteiger partial charge in [-0.3, -0.25) is 9.10 Å². The Morgan fingerprint density at radius 2 is 1.89 bits per heavy atom. The molecule has 0 fully saturated rings.